The number of hydrogen-bond acceptors (Lipinski definition) is 5. The van der Waals surface area contributed by atoms with Crippen molar-refractivity contribution in [2.75, 3.05) is 44.8 Å². The Labute approximate surface area is 187 Å². The number of ether oxygens (including phenoxy) is 1. The molecule has 1 aliphatic heterocycles. The van der Waals surface area contributed by atoms with Crippen molar-refractivity contribution in [2.24, 2.45) is 21.3 Å². The predicted molar refractivity (Wildman–Crippen MR) is 126 cm³/mol. The summed E-state index contributed by atoms with van der Waals surface area (Å²) in [5.74, 6) is 1.19. The Morgan fingerprint density at radius 3 is 2.87 bits per heavy atom. The van der Waals surface area contributed by atoms with Gasteiger partial charge < -0.3 is 20.7 Å². The van der Waals surface area contributed by atoms with E-state index in [0.29, 0.717) is 52.2 Å². The molecule has 0 aromatic heterocycles. The number of rotatable bonds is 6. The van der Waals surface area contributed by atoms with Crippen LogP contribution in [0, 0.1) is 17.2 Å². The molecular formula is C23H27ClFN5O. The van der Waals surface area contributed by atoms with E-state index < -0.39 is 5.82 Å². The Morgan fingerprint density at radius 2 is 2.23 bits per heavy atom. The largest absolute Gasteiger partial charge is 0.491 e. The minimum absolute atomic E-state index is 0.0251. The van der Waals surface area contributed by atoms with Gasteiger partial charge in [0.05, 0.1) is 23.0 Å². The lowest BCUT2D eigenvalue weighted by Gasteiger charge is -2.16. The van der Waals surface area contributed by atoms with Gasteiger partial charge in [-0.05, 0) is 62.8 Å². The lowest BCUT2D eigenvalue weighted by atomic mass is 10.0. The van der Waals surface area contributed by atoms with Crippen LogP contribution in [0.15, 0.2) is 40.3 Å². The van der Waals surface area contributed by atoms with Gasteiger partial charge in [-0.2, -0.15) is 0 Å². The van der Waals surface area contributed by atoms with E-state index in [-0.39, 0.29) is 5.02 Å². The summed E-state index contributed by atoms with van der Waals surface area (Å²) in [6.45, 7) is 6.63. The highest BCUT2D eigenvalue weighted by molar-refractivity contribution is 6.31. The van der Waals surface area contributed by atoms with Gasteiger partial charge in [-0.1, -0.05) is 11.6 Å². The van der Waals surface area contributed by atoms with Crippen molar-refractivity contribution in [3.05, 3.63) is 46.7 Å². The third-order valence-corrected chi connectivity index (χ3v) is 6.62. The molecule has 1 heterocycles. The van der Waals surface area contributed by atoms with E-state index in [9.17, 15) is 4.39 Å². The molecule has 6 nitrogen and oxygen atoms in total. The number of benzene rings is 2. The monoisotopic (exact) mass is 443 g/mol. The Hall–Kier alpha value is -2.64. The molecule has 2 aromatic carbocycles. The Balaban J connectivity index is 1.50. The second kappa shape index (κ2) is 8.48. The molecule has 8 heteroatoms. The van der Waals surface area contributed by atoms with Crippen LogP contribution in [0.4, 0.5) is 21.5 Å². The molecule has 2 aliphatic rings. The average molecular weight is 444 g/mol. The van der Waals surface area contributed by atoms with Gasteiger partial charge in [0.2, 0.25) is 0 Å². The zero-order valence-electron chi connectivity index (χ0n) is 17.8. The summed E-state index contributed by atoms with van der Waals surface area (Å²) in [5, 5.41) is 3.17. The van der Waals surface area contributed by atoms with Gasteiger partial charge in [0.25, 0.3) is 0 Å². The number of nitrogens with one attached hydrogen (secondary N) is 1. The van der Waals surface area contributed by atoms with Gasteiger partial charge in [-0.15, -0.1) is 0 Å². The van der Waals surface area contributed by atoms with E-state index in [1.807, 2.05) is 0 Å². The van der Waals surface area contributed by atoms with Crippen LogP contribution < -0.4 is 15.8 Å². The summed E-state index contributed by atoms with van der Waals surface area (Å²) in [5.41, 5.74) is 9.08. The quantitative estimate of drug-likeness (QED) is 0.388. The fraction of sp³-hybridized carbons (Fsp3) is 0.391. The van der Waals surface area contributed by atoms with Gasteiger partial charge in [0, 0.05) is 36.8 Å². The predicted octanol–water partition coefficient (Wildman–Crippen LogP) is 4.60. The van der Waals surface area contributed by atoms with Gasteiger partial charge in [-0.3, -0.25) is 9.98 Å². The van der Waals surface area contributed by atoms with Crippen molar-refractivity contribution in [3.63, 3.8) is 0 Å². The first-order chi connectivity index (χ1) is 14.8. The SMILES string of the molecule is C=Nc1cc(OCC2CC23CCN(C)C3)c(N)cc1C(=NC)Nc1ccc(F)c(Cl)c1. The first-order valence-corrected chi connectivity index (χ1v) is 10.6. The minimum Gasteiger partial charge on any atom is -0.491 e. The molecule has 2 atom stereocenters. The average Bonchev–Trinajstić information content (AvgIpc) is 3.29. The first-order valence-electron chi connectivity index (χ1n) is 10.3. The molecule has 3 N–H and O–H groups in total. The van der Waals surface area contributed by atoms with Crippen LogP contribution in [0.25, 0.3) is 0 Å². The van der Waals surface area contributed by atoms with Crippen LogP contribution in [-0.4, -0.2) is 51.2 Å². The number of nitrogens with two attached hydrogens (primary N) is 1. The summed E-state index contributed by atoms with van der Waals surface area (Å²) in [6, 6.07) is 7.93. The maximum Gasteiger partial charge on any atom is 0.144 e. The number of anilines is 2. The Bertz CT molecular complexity index is 1040. The molecule has 0 bridgehead atoms. The summed E-state index contributed by atoms with van der Waals surface area (Å²) in [7, 11) is 3.82. The molecule has 1 spiro atoms. The lowest BCUT2D eigenvalue weighted by Crippen LogP contribution is -2.17. The zero-order valence-corrected chi connectivity index (χ0v) is 18.5. The van der Waals surface area contributed by atoms with E-state index in [0.717, 1.165) is 13.1 Å². The van der Waals surface area contributed by atoms with E-state index >= 15 is 0 Å². The Kier molecular flexibility index (Phi) is 5.90. The molecule has 1 saturated carbocycles. The van der Waals surface area contributed by atoms with Crippen molar-refractivity contribution in [1.82, 2.24) is 4.90 Å². The summed E-state index contributed by atoms with van der Waals surface area (Å²) in [6.07, 6.45) is 2.44. The number of nitrogen functional groups attached to an aromatic ring is 1. The van der Waals surface area contributed by atoms with Gasteiger partial charge in [-0.25, -0.2) is 4.39 Å². The molecular weight excluding hydrogens is 417 g/mol. The van der Waals surface area contributed by atoms with Gasteiger partial charge in [0.1, 0.15) is 17.4 Å². The highest BCUT2D eigenvalue weighted by atomic mass is 35.5. The normalized spacial score (nSPS) is 23.2. The molecule has 2 aromatic rings. The first kappa shape index (κ1) is 21.6. The van der Waals surface area contributed by atoms with Crippen LogP contribution in [-0.2, 0) is 0 Å². The number of aliphatic imine (C=N–C) groups is 2. The maximum atomic E-state index is 13.5. The molecule has 0 radical (unpaired) electrons. The van der Waals surface area contributed by atoms with Crippen molar-refractivity contribution >= 4 is 41.2 Å². The Morgan fingerprint density at radius 1 is 1.42 bits per heavy atom. The van der Waals surface area contributed by atoms with E-state index in [1.54, 1.807) is 25.2 Å². The van der Waals surface area contributed by atoms with E-state index in [1.165, 1.54) is 25.0 Å². The third-order valence-electron chi connectivity index (χ3n) is 6.33. The van der Waals surface area contributed by atoms with Crippen molar-refractivity contribution < 1.29 is 9.13 Å². The molecule has 0 amide bonds. The molecule has 1 aliphatic carbocycles. The number of amidine groups is 1. The second-order valence-corrected chi connectivity index (χ2v) is 8.86. The maximum absolute atomic E-state index is 13.5. The smallest absolute Gasteiger partial charge is 0.144 e. The summed E-state index contributed by atoms with van der Waals surface area (Å²) in [4.78, 5) is 10.8. The van der Waals surface area contributed by atoms with Crippen molar-refractivity contribution in [3.8, 4) is 5.75 Å². The topological polar surface area (TPSA) is 75.2 Å². The standard InChI is InChI=1S/C23H27ClFN5O/c1-27-20-10-21(31-12-14-11-23(14)6-7-30(3)13-23)19(26)9-16(20)22(28-2)29-15-4-5-18(25)17(24)8-15/h4-5,8-10,14H,1,6-7,11-13,26H2,2-3H3,(H,28,29). The number of likely N-dealkylation sites (tertiary alicyclic amines) is 1. The van der Waals surface area contributed by atoms with Gasteiger partial charge in [0.15, 0.2) is 0 Å². The summed E-state index contributed by atoms with van der Waals surface area (Å²) >= 11 is 5.89. The van der Waals surface area contributed by atoms with Crippen LogP contribution in [0.5, 0.6) is 5.75 Å². The summed E-state index contributed by atoms with van der Waals surface area (Å²) < 4.78 is 19.6. The fourth-order valence-corrected chi connectivity index (χ4v) is 4.63. The zero-order chi connectivity index (χ0) is 22.2. The highest BCUT2D eigenvalue weighted by Crippen LogP contribution is 2.58. The molecule has 31 heavy (non-hydrogen) atoms. The van der Waals surface area contributed by atoms with Crippen LogP contribution >= 0.6 is 11.6 Å². The lowest BCUT2D eigenvalue weighted by molar-refractivity contribution is 0.269. The van der Waals surface area contributed by atoms with Crippen LogP contribution in [0.1, 0.15) is 18.4 Å². The van der Waals surface area contributed by atoms with Crippen LogP contribution in [0.2, 0.25) is 5.02 Å². The van der Waals surface area contributed by atoms with Crippen LogP contribution in [0.3, 0.4) is 0 Å². The molecule has 2 fully saturated rings. The van der Waals surface area contributed by atoms with Crippen molar-refractivity contribution in [2.45, 2.75) is 12.8 Å². The number of halogens is 2. The molecule has 164 valence electrons. The highest BCUT2D eigenvalue weighted by Gasteiger charge is 2.56. The molecule has 2 unspecified atom stereocenters. The third kappa shape index (κ3) is 4.38. The molecule has 4 rings (SSSR count). The fourth-order valence-electron chi connectivity index (χ4n) is 4.45. The second-order valence-electron chi connectivity index (χ2n) is 8.45. The van der Waals surface area contributed by atoms with E-state index in [2.05, 4.69) is 34.0 Å². The van der Waals surface area contributed by atoms with Gasteiger partial charge >= 0.3 is 0 Å². The minimum atomic E-state index is -0.483. The number of hydrogen-bond donors (Lipinski definition) is 2. The molecule has 1 saturated heterocycles. The van der Waals surface area contributed by atoms with Crippen molar-refractivity contribution in [1.29, 1.82) is 0 Å². The van der Waals surface area contributed by atoms with E-state index in [4.69, 9.17) is 22.1 Å². The number of nitrogens with zero attached hydrogens (tertiary/aromatic N) is 3.